The number of aryl methyl sites for hydroxylation is 1. The Hall–Kier alpha value is -2.21. The lowest BCUT2D eigenvalue weighted by atomic mass is 10.1. The van der Waals surface area contributed by atoms with Crippen molar-refractivity contribution in [2.75, 3.05) is 28.4 Å². The number of hydrogen-bond donors (Lipinski definition) is 2. The Morgan fingerprint density at radius 2 is 1.75 bits per heavy atom. The highest BCUT2D eigenvalue weighted by Crippen LogP contribution is 2.31. The van der Waals surface area contributed by atoms with Gasteiger partial charge < -0.3 is 10.6 Å². The smallest absolute Gasteiger partial charge is 0.264 e. The van der Waals surface area contributed by atoms with Crippen molar-refractivity contribution in [3.63, 3.8) is 0 Å². The average molecular weight is 345 g/mol. The van der Waals surface area contributed by atoms with Crippen LogP contribution >= 0.6 is 0 Å². The molecule has 6 heteroatoms. The zero-order valence-corrected chi connectivity index (χ0v) is 14.6. The standard InChI is InChI=1S/C18H23N3O2S/c1-14-7-3-4-8-16(14)20-24(22,23)18-13-15(19)9-10-17(18)21-11-5-2-6-12-21/h3-4,7-10,13,20H,2,5-6,11-12,19H2,1H3. The van der Waals surface area contributed by atoms with Crippen LogP contribution in [0.5, 0.6) is 0 Å². The van der Waals surface area contributed by atoms with Gasteiger partial charge in [0.2, 0.25) is 0 Å². The van der Waals surface area contributed by atoms with E-state index in [1.165, 1.54) is 6.42 Å². The lowest BCUT2D eigenvalue weighted by Crippen LogP contribution is -2.31. The predicted octanol–water partition coefficient (Wildman–Crippen LogP) is 3.37. The highest BCUT2D eigenvalue weighted by atomic mass is 32.2. The maximum atomic E-state index is 13.0. The Labute approximate surface area is 143 Å². The third-order valence-corrected chi connectivity index (χ3v) is 5.75. The van der Waals surface area contributed by atoms with E-state index in [2.05, 4.69) is 9.62 Å². The fraction of sp³-hybridized carbons (Fsp3) is 0.333. The molecule has 0 aromatic heterocycles. The van der Waals surface area contributed by atoms with Crippen molar-refractivity contribution in [3.8, 4) is 0 Å². The molecule has 0 radical (unpaired) electrons. The van der Waals surface area contributed by atoms with E-state index >= 15 is 0 Å². The molecule has 0 saturated carbocycles. The molecule has 2 aromatic rings. The summed E-state index contributed by atoms with van der Waals surface area (Å²) < 4.78 is 28.7. The van der Waals surface area contributed by atoms with Crippen LogP contribution in [0.1, 0.15) is 24.8 Å². The molecule has 1 saturated heterocycles. The predicted molar refractivity (Wildman–Crippen MR) is 98.9 cm³/mol. The van der Waals surface area contributed by atoms with Crippen molar-refractivity contribution in [1.82, 2.24) is 0 Å². The summed E-state index contributed by atoms with van der Waals surface area (Å²) in [6.07, 6.45) is 3.35. The van der Waals surface area contributed by atoms with Crippen LogP contribution < -0.4 is 15.4 Å². The van der Waals surface area contributed by atoms with E-state index in [0.717, 1.165) is 37.2 Å². The molecule has 1 heterocycles. The zero-order chi connectivity index (χ0) is 17.2. The third kappa shape index (κ3) is 3.48. The molecule has 128 valence electrons. The number of nitrogens with zero attached hydrogens (tertiary/aromatic N) is 1. The van der Waals surface area contributed by atoms with Crippen LogP contribution in [-0.4, -0.2) is 21.5 Å². The molecule has 0 unspecified atom stereocenters. The number of benzene rings is 2. The molecular weight excluding hydrogens is 322 g/mol. The van der Waals surface area contributed by atoms with Crippen LogP contribution in [0.3, 0.4) is 0 Å². The van der Waals surface area contributed by atoms with Crippen molar-refractivity contribution in [2.24, 2.45) is 0 Å². The van der Waals surface area contributed by atoms with Gasteiger partial charge in [-0.05, 0) is 56.0 Å². The number of para-hydroxylation sites is 1. The van der Waals surface area contributed by atoms with Gasteiger partial charge in [-0.2, -0.15) is 0 Å². The summed E-state index contributed by atoms with van der Waals surface area (Å²) in [4.78, 5) is 2.38. The van der Waals surface area contributed by atoms with Gasteiger partial charge in [0.25, 0.3) is 10.0 Å². The Balaban J connectivity index is 2.00. The number of nitrogen functional groups attached to an aromatic ring is 1. The van der Waals surface area contributed by atoms with Gasteiger partial charge >= 0.3 is 0 Å². The summed E-state index contributed by atoms with van der Waals surface area (Å²) in [5.41, 5.74) is 8.51. The van der Waals surface area contributed by atoms with Crippen LogP contribution in [0, 0.1) is 6.92 Å². The van der Waals surface area contributed by atoms with Crippen molar-refractivity contribution >= 4 is 27.1 Å². The second kappa shape index (κ2) is 6.73. The first-order chi connectivity index (χ1) is 11.5. The number of sulfonamides is 1. The van der Waals surface area contributed by atoms with E-state index < -0.39 is 10.0 Å². The lowest BCUT2D eigenvalue weighted by Gasteiger charge is -2.30. The Kier molecular flexibility index (Phi) is 4.66. The van der Waals surface area contributed by atoms with Crippen molar-refractivity contribution in [1.29, 1.82) is 0 Å². The normalized spacial score (nSPS) is 15.3. The third-order valence-electron chi connectivity index (χ3n) is 4.36. The summed E-state index contributed by atoms with van der Waals surface area (Å²) >= 11 is 0. The Morgan fingerprint density at radius 3 is 2.46 bits per heavy atom. The first kappa shape index (κ1) is 16.6. The maximum absolute atomic E-state index is 13.0. The molecule has 3 rings (SSSR count). The number of piperidine rings is 1. The van der Waals surface area contributed by atoms with Crippen molar-refractivity contribution < 1.29 is 8.42 Å². The van der Waals surface area contributed by atoms with Crippen LogP contribution in [0.4, 0.5) is 17.1 Å². The lowest BCUT2D eigenvalue weighted by molar-refractivity contribution is 0.571. The van der Waals surface area contributed by atoms with Crippen molar-refractivity contribution in [2.45, 2.75) is 31.1 Å². The number of nitrogens with one attached hydrogen (secondary N) is 1. The fourth-order valence-electron chi connectivity index (χ4n) is 3.03. The number of rotatable bonds is 4. The van der Waals surface area contributed by atoms with Gasteiger partial charge in [0, 0.05) is 18.8 Å². The minimum atomic E-state index is -3.71. The minimum Gasteiger partial charge on any atom is -0.399 e. The molecule has 3 N–H and O–H groups in total. The van der Waals surface area contributed by atoms with Gasteiger partial charge in [0.1, 0.15) is 4.90 Å². The highest BCUT2D eigenvalue weighted by molar-refractivity contribution is 7.92. The summed E-state index contributed by atoms with van der Waals surface area (Å²) in [6.45, 7) is 3.62. The Morgan fingerprint density at radius 1 is 1.04 bits per heavy atom. The topological polar surface area (TPSA) is 75.4 Å². The molecule has 0 amide bonds. The molecule has 24 heavy (non-hydrogen) atoms. The number of nitrogens with two attached hydrogens (primary N) is 1. The molecule has 1 fully saturated rings. The van der Waals surface area contributed by atoms with Gasteiger partial charge in [-0.25, -0.2) is 8.42 Å². The van der Waals surface area contributed by atoms with Gasteiger partial charge in [-0.3, -0.25) is 4.72 Å². The van der Waals surface area contributed by atoms with E-state index in [4.69, 9.17) is 5.73 Å². The highest BCUT2D eigenvalue weighted by Gasteiger charge is 2.24. The molecule has 0 bridgehead atoms. The first-order valence-electron chi connectivity index (χ1n) is 8.20. The quantitative estimate of drug-likeness (QED) is 0.833. The van der Waals surface area contributed by atoms with E-state index in [1.54, 1.807) is 18.2 Å². The van der Waals surface area contributed by atoms with E-state index in [1.807, 2.05) is 31.2 Å². The molecule has 2 aromatic carbocycles. The van der Waals surface area contributed by atoms with Gasteiger partial charge in [-0.15, -0.1) is 0 Å². The summed E-state index contributed by atoms with van der Waals surface area (Å²) in [5, 5.41) is 0. The van der Waals surface area contributed by atoms with E-state index in [0.29, 0.717) is 11.4 Å². The van der Waals surface area contributed by atoms with Gasteiger partial charge in [0.15, 0.2) is 0 Å². The minimum absolute atomic E-state index is 0.243. The van der Waals surface area contributed by atoms with Crippen molar-refractivity contribution in [3.05, 3.63) is 48.0 Å². The van der Waals surface area contributed by atoms with E-state index in [9.17, 15) is 8.42 Å². The van der Waals surface area contributed by atoms with Crippen LogP contribution in [0.2, 0.25) is 0 Å². The summed E-state index contributed by atoms with van der Waals surface area (Å²) in [5.74, 6) is 0. The molecule has 0 aliphatic carbocycles. The van der Waals surface area contributed by atoms with Crippen LogP contribution in [0.25, 0.3) is 0 Å². The van der Waals surface area contributed by atoms with Crippen LogP contribution in [-0.2, 0) is 10.0 Å². The number of hydrogen-bond acceptors (Lipinski definition) is 4. The van der Waals surface area contributed by atoms with Crippen LogP contribution in [0.15, 0.2) is 47.4 Å². The second-order valence-corrected chi connectivity index (χ2v) is 7.85. The molecular formula is C18H23N3O2S. The first-order valence-corrected chi connectivity index (χ1v) is 9.68. The molecule has 5 nitrogen and oxygen atoms in total. The largest absolute Gasteiger partial charge is 0.399 e. The second-order valence-electron chi connectivity index (χ2n) is 6.20. The fourth-order valence-corrected chi connectivity index (χ4v) is 4.42. The molecule has 0 spiro atoms. The van der Waals surface area contributed by atoms with E-state index in [-0.39, 0.29) is 4.90 Å². The zero-order valence-electron chi connectivity index (χ0n) is 13.8. The SMILES string of the molecule is Cc1ccccc1NS(=O)(=O)c1cc(N)ccc1N1CCCCC1. The average Bonchev–Trinajstić information content (AvgIpc) is 2.57. The monoisotopic (exact) mass is 345 g/mol. The van der Waals surface area contributed by atoms with Gasteiger partial charge in [0.05, 0.1) is 11.4 Å². The number of anilines is 3. The summed E-state index contributed by atoms with van der Waals surface area (Å²) in [6, 6.07) is 12.5. The maximum Gasteiger partial charge on any atom is 0.264 e. The van der Waals surface area contributed by atoms with Gasteiger partial charge in [-0.1, -0.05) is 18.2 Å². The summed E-state index contributed by atoms with van der Waals surface area (Å²) in [7, 11) is -3.71. The molecule has 0 atom stereocenters. The Bertz CT molecular complexity index is 828. The molecule has 1 aliphatic heterocycles. The molecule has 1 aliphatic rings.